The number of aliphatic hydroxyl groups is 1. The summed E-state index contributed by atoms with van der Waals surface area (Å²) in [4.78, 5) is 0. The minimum Gasteiger partial charge on any atom is -0.396 e. The monoisotopic (exact) mass is 171 g/mol. The summed E-state index contributed by atoms with van der Waals surface area (Å²) in [5.74, 6) is 0.692. The van der Waals surface area contributed by atoms with Gasteiger partial charge in [0, 0.05) is 18.6 Å². The molecular formula is C10H21NO. The number of piperidine rings is 1. The Hall–Kier alpha value is -0.0800. The molecule has 72 valence electrons. The maximum Gasteiger partial charge on any atom is 0.0499 e. The van der Waals surface area contributed by atoms with Crippen LogP contribution >= 0.6 is 0 Å². The fourth-order valence-corrected chi connectivity index (χ4v) is 2.27. The second-order valence-corrected chi connectivity index (χ2v) is 4.54. The second-order valence-electron chi connectivity index (χ2n) is 4.54. The van der Waals surface area contributed by atoms with Gasteiger partial charge in [0.25, 0.3) is 0 Å². The minimum absolute atomic E-state index is 0.187. The molecule has 0 aliphatic carbocycles. The Kier molecular flexibility index (Phi) is 3.53. The highest BCUT2D eigenvalue weighted by Gasteiger charge is 2.31. The molecule has 0 radical (unpaired) electrons. The highest BCUT2D eigenvalue weighted by Crippen LogP contribution is 2.32. The summed E-state index contributed by atoms with van der Waals surface area (Å²) < 4.78 is 0. The van der Waals surface area contributed by atoms with Gasteiger partial charge in [-0.2, -0.15) is 0 Å². The SMILES string of the molecule is CC(C)C[C@]1(CO)CCCNC1. The van der Waals surface area contributed by atoms with Crippen LogP contribution in [0.15, 0.2) is 0 Å². The lowest BCUT2D eigenvalue weighted by Gasteiger charge is -2.37. The summed E-state index contributed by atoms with van der Waals surface area (Å²) in [5.41, 5.74) is 0.187. The van der Waals surface area contributed by atoms with E-state index in [9.17, 15) is 5.11 Å². The van der Waals surface area contributed by atoms with Gasteiger partial charge in [-0.15, -0.1) is 0 Å². The molecule has 0 aromatic rings. The Morgan fingerprint density at radius 3 is 2.67 bits per heavy atom. The van der Waals surface area contributed by atoms with Crippen molar-refractivity contribution in [3.63, 3.8) is 0 Å². The predicted octanol–water partition coefficient (Wildman–Crippen LogP) is 1.39. The van der Waals surface area contributed by atoms with Gasteiger partial charge >= 0.3 is 0 Å². The van der Waals surface area contributed by atoms with Crippen molar-refractivity contribution in [2.45, 2.75) is 33.1 Å². The molecule has 0 saturated carbocycles. The average molecular weight is 171 g/mol. The average Bonchev–Trinajstić information content (AvgIpc) is 2.05. The van der Waals surface area contributed by atoms with Gasteiger partial charge in [-0.25, -0.2) is 0 Å². The molecule has 1 rings (SSSR count). The van der Waals surface area contributed by atoms with E-state index in [0.717, 1.165) is 19.5 Å². The van der Waals surface area contributed by atoms with E-state index < -0.39 is 0 Å². The van der Waals surface area contributed by atoms with E-state index >= 15 is 0 Å². The van der Waals surface area contributed by atoms with Crippen LogP contribution in [0.3, 0.4) is 0 Å². The van der Waals surface area contributed by atoms with Gasteiger partial charge < -0.3 is 10.4 Å². The van der Waals surface area contributed by atoms with Crippen LogP contribution in [0.2, 0.25) is 0 Å². The molecule has 1 aliphatic rings. The summed E-state index contributed by atoms with van der Waals surface area (Å²) in [7, 11) is 0. The first kappa shape index (κ1) is 10.0. The predicted molar refractivity (Wildman–Crippen MR) is 51.1 cm³/mol. The molecule has 2 nitrogen and oxygen atoms in total. The highest BCUT2D eigenvalue weighted by atomic mass is 16.3. The van der Waals surface area contributed by atoms with E-state index in [2.05, 4.69) is 19.2 Å². The molecule has 0 aromatic carbocycles. The number of aliphatic hydroxyl groups excluding tert-OH is 1. The molecule has 0 spiro atoms. The first-order chi connectivity index (χ1) is 5.68. The zero-order chi connectivity index (χ0) is 9.03. The summed E-state index contributed by atoms with van der Waals surface area (Å²) >= 11 is 0. The number of hydrogen-bond acceptors (Lipinski definition) is 2. The quantitative estimate of drug-likeness (QED) is 0.672. The normalized spacial score (nSPS) is 31.0. The first-order valence-electron chi connectivity index (χ1n) is 5.00. The molecular weight excluding hydrogens is 150 g/mol. The lowest BCUT2D eigenvalue weighted by atomic mass is 9.75. The fourth-order valence-electron chi connectivity index (χ4n) is 2.27. The highest BCUT2D eigenvalue weighted by molar-refractivity contribution is 4.85. The number of rotatable bonds is 3. The Bertz CT molecular complexity index is 128. The van der Waals surface area contributed by atoms with E-state index in [1.807, 2.05) is 0 Å². The largest absolute Gasteiger partial charge is 0.396 e. The maximum atomic E-state index is 9.35. The summed E-state index contributed by atoms with van der Waals surface area (Å²) in [5, 5.41) is 12.7. The molecule has 1 heterocycles. The van der Waals surface area contributed by atoms with Gasteiger partial charge in [0.05, 0.1) is 0 Å². The second kappa shape index (κ2) is 4.24. The zero-order valence-corrected chi connectivity index (χ0v) is 8.27. The van der Waals surface area contributed by atoms with Crippen molar-refractivity contribution in [1.29, 1.82) is 0 Å². The standard InChI is InChI=1S/C10H21NO/c1-9(2)6-10(8-12)4-3-5-11-7-10/h9,11-12H,3-8H2,1-2H3/t10-/m1/s1. The van der Waals surface area contributed by atoms with Gasteiger partial charge in [-0.3, -0.25) is 0 Å². The molecule has 1 saturated heterocycles. The van der Waals surface area contributed by atoms with Crippen molar-refractivity contribution in [1.82, 2.24) is 5.32 Å². The van der Waals surface area contributed by atoms with E-state index in [4.69, 9.17) is 0 Å². The molecule has 0 bridgehead atoms. The van der Waals surface area contributed by atoms with Crippen molar-refractivity contribution in [3.05, 3.63) is 0 Å². The molecule has 2 N–H and O–H groups in total. The van der Waals surface area contributed by atoms with Crippen LogP contribution in [0.25, 0.3) is 0 Å². The smallest absolute Gasteiger partial charge is 0.0499 e. The summed E-state index contributed by atoms with van der Waals surface area (Å²) in [6, 6.07) is 0. The summed E-state index contributed by atoms with van der Waals surface area (Å²) in [6.07, 6.45) is 3.55. The van der Waals surface area contributed by atoms with Crippen molar-refractivity contribution >= 4 is 0 Å². The topological polar surface area (TPSA) is 32.3 Å². The first-order valence-corrected chi connectivity index (χ1v) is 5.00. The van der Waals surface area contributed by atoms with Gasteiger partial charge in [-0.1, -0.05) is 13.8 Å². The van der Waals surface area contributed by atoms with Crippen LogP contribution in [0, 0.1) is 11.3 Å². The third kappa shape index (κ3) is 2.46. The van der Waals surface area contributed by atoms with Crippen molar-refractivity contribution in [2.75, 3.05) is 19.7 Å². The maximum absolute atomic E-state index is 9.35. The van der Waals surface area contributed by atoms with E-state index in [0.29, 0.717) is 12.5 Å². The third-order valence-corrected chi connectivity index (χ3v) is 2.74. The number of hydrogen-bond donors (Lipinski definition) is 2. The molecule has 1 atom stereocenters. The van der Waals surface area contributed by atoms with Crippen molar-refractivity contribution in [2.24, 2.45) is 11.3 Å². The van der Waals surface area contributed by atoms with E-state index in [1.54, 1.807) is 0 Å². The molecule has 1 aliphatic heterocycles. The molecule has 0 unspecified atom stereocenters. The summed E-state index contributed by atoms with van der Waals surface area (Å²) in [6.45, 7) is 6.93. The third-order valence-electron chi connectivity index (χ3n) is 2.74. The Balaban J connectivity index is 2.48. The lowest BCUT2D eigenvalue weighted by Crippen LogP contribution is -2.43. The van der Waals surface area contributed by atoms with Crippen molar-refractivity contribution in [3.8, 4) is 0 Å². The van der Waals surface area contributed by atoms with Crippen LogP contribution < -0.4 is 5.32 Å². The van der Waals surface area contributed by atoms with E-state index in [1.165, 1.54) is 12.8 Å². The Morgan fingerprint density at radius 2 is 2.25 bits per heavy atom. The molecule has 12 heavy (non-hydrogen) atoms. The lowest BCUT2D eigenvalue weighted by molar-refractivity contribution is 0.0733. The molecule has 0 amide bonds. The Labute approximate surface area is 75.4 Å². The zero-order valence-electron chi connectivity index (χ0n) is 8.27. The van der Waals surface area contributed by atoms with Gasteiger partial charge in [0.2, 0.25) is 0 Å². The molecule has 2 heteroatoms. The van der Waals surface area contributed by atoms with Gasteiger partial charge in [-0.05, 0) is 31.7 Å². The van der Waals surface area contributed by atoms with Crippen LogP contribution in [0.1, 0.15) is 33.1 Å². The van der Waals surface area contributed by atoms with Crippen LogP contribution in [0.4, 0.5) is 0 Å². The Morgan fingerprint density at radius 1 is 1.50 bits per heavy atom. The number of nitrogens with one attached hydrogen (secondary N) is 1. The van der Waals surface area contributed by atoms with Crippen LogP contribution in [-0.2, 0) is 0 Å². The van der Waals surface area contributed by atoms with E-state index in [-0.39, 0.29) is 5.41 Å². The molecule has 0 aromatic heterocycles. The van der Waals surface area contributed by atoms with Gasteiger partial charge in [0.15, 0.2) is 0 Å². The van der Waals surface area contributed by atoms with Gasteiger partial charge in [0.1, 0.15) is 0 Å². The van der Waals surface area contributed by atoms with Crippen LogP contribution in [0.5, 0.6) is 0 Å². The minimum atomic E-state index is 0.187. The van der Waals surface area contributed by atoms with Crippen molar-refractivity contribution < 1.29 is 5.11 Å². The fraction of sp³-hybridized carbons (Fsp3) is 1.00. The van der Waals surface area contributed by atoms with Crippen LogP contribution in [-0.4, -0.2) is 24.8 Å². The molecule has 1 fully saturated rings.